The lowest BCUT2D eigenvalue weighted by molar-refractivity contribution is 0.00578. The van der Waals surface area contributed by atoms with Crippen LogP contribution in [0.1, 0.15) is 68.7 Å². The van der Waals surface area contributed by atoms with Crippen LogP contribution in [0.5, 0.6) is 0 Å². The summed E-state index contributed by atoms with van der Waals surface area (Å²) < 4.78 is 25.0. The average Bonchev–Trinajstić information content (AvgIpc) is 2.65. The molecule has 0 radical (unpaired) electrons. The summed E-state index contributed by atoms with van der Waals surface area (Å²) >= 11 is 0. The van der Waals surface area contributed by atoms with E-state index >= 15 is 0 Å². The first-order chi connectivity index (χ1) is 10.2. The smallest absolute Gasteiger partial charge is 0.403 e. The van der Waals surface area contributed by atoms with Gasteiger partial charge in [-0.15, -0.1) is 6.58 Å². The SMILES string of the molecule is C=C(C)CC(B1OC(C)(C)C(C)(C)O1)B1OC(C)(C)C(C)(C)O1. The van der Waals surface area contributed by atoms with E-state index in [0.717, 1.165) is 12.0 Å². The molecule has 0 amide bonds. The predicted molar refractivity (Wildman–Crippen MR) is 95.3 cm³/mol. The third kappa shape index (κ3) is 3.41. The second-order valence-electron chi connectivity index (χ2n) is 9.07. The lowest BCUT2D eigenvalue weighted by Crippen LogP contribution is -2.41. The molecule has 0 aromatic heterocycles. The fourth-order valence-electron chi connectivity index (χ4n) is 2.85. The van der Waals surface area contributed by atoms with Crippen molar-refractivity contribution >= 4 is 14.2 Å². The molecule has 0 atom stereocenters. The molecule has 6 heteroatoms. The van der Waals surface area contributed by atoms with Gasteiger partial charge >= 0.3 is 14.2 Å². The van der Waals surface area contributed by atoms with Crippen LogP contribution in [0, 0.1) is 0 Å². The summed E-state index contributed by atoms with van der Waals surface area (Å²) in [6.07, 6.45) is 0.744. The molecule has 0 unspecified atom stereocenters. The van der Waals surface area contributed by atoms with Gasteiger partial charge in [0.15, 0.2) is 0 Å². The van der Waals surface area contributed by atoms with E-state index in [2.05, 4.69) is 62.0 Å². The average molecular weight is 322 g/mol. The van der Waals surface area contributed by atoms with E-state index in [1.165, 1.54) is 0 Å². The molecule has 2 aliphatic heterocycles. The zero-order chi connectivity index (χ0) is 17.8. The fourth-order valence-corrected chi connectivity index (χ4v) is 2.85. The Kier molecular flexibility index (Phi) is 4.65. The molecule has 2 saturated heterocycles. The van der Waals surface area contributed by atoms with Crippen molar-refractivity contribution in [2.24, 2.45) is 0 Å². The van der Waals surface area contributed by atoms with Gasteiger partial charge in [-0.05, 0) is 68.7 Å². The van der Waals surface area contributed by atoms with Crippen LogP contribution < -0.4 is 0 Å². The Morgan fingerprint density at radius 1 is 0.739 bits per heavy atom. The van der Waals surface area contributed by atoms with E-state index in [4.69, 9.17) is 18.6 Å². The van der Waals surface area contributed by atoms with Gasteiger partial charge < -0.3 is 18.6 Å². The van der Waals surface area contributed by atoms with E-state index in [0.29, 0.717) is 0 Å². The van der Waals surface area contributed by atoms with E-state index in [1.807, 2.05) is 6.92 Å². The van der Waals surface area contributed by atoms with Crippen molar-refractivity contribution in [3.8, 4) is 0 Å². The molecule has 0 saturated carbocycles. The largest absolute Gasteiger partial charge is 0.459 e. The van der Waals surface area contributed by atoms with Gasteiger partial charge in [-0.25, -0.2) is 0 Å². The molecule has 0 aromatic carbocycles. The van der Waals surface area contributed by atoms with Gasteiger partial charge in [0.25, 0.3) is 0 Å². The highest BCUT2D eigenvalue weighted by atomic mass is 16.7. The summed E-state index contributed by atoms with van der Waals surface area (Å²) in [5.41, 5.74) is -0.444. The normalized spacial score (nSPS) is 27.7. The standard InChI is InChI=1S/C17H32B2O4/c1-12(2)11-13(18-20-14(3,4)15(5,6)21-18)19-22-16(7,8)17(9,10)23-19/h13H,1,11H2,2-10H3. The molecule has 0 bridgehead atoms. The third-order valence-corrected chi connectivity index (χ3v) is 5.83. The van der Waals surface area contributed by atoms with Gasteiger partial charge in [-0.3, -0.25) is 0 Å². The van der Waals surface area contributed by atoms with Gasteiger partial charge in [-0.2, -0.15) is 0 Å². The maximum Gasteiger partial charge on any atom is 0.459 e. The second-order valence-corrected chi connectivity index (χ2v) is 9.07. The van der Waals surface area contributed by atoms with E-state index in [9.17, 15) is 0 Å². The third-order valence-electron chi connectivity index (χ3n) is 5.83. The second kappa shape index (κ2) is 5.62. The van der Waals surface area contributed by atoms with Crippen LogP contribution in [-0.4, -0.2) is 36.6 Å². The van der Waals surface area contributed by atoms with Crippen molar-refractivity contribution in [3.05, 3.63) is 12.2 Å². The van der Waals surface area contributed by atoms with E-state index in [1.54, 1.807) is 0 Å². The van der Waals surface area contributed by atoms with Crippen molar-refractivity contribution in [2.45, 2.75) is 96.9 Å². The molecule has 0 N–H and O–H groups in total. The van der Waals surface area contributed by atoms with Crippen LogP contribution in [0.4, 0.5) is 0 Å². The van der Waals surface area contributed by atoms with E-state index < -0.39 is 0 Å². The Morgan fingerprint density at radius 3 is 1.22 bits per heavy atom. The van der Waals surface area contributed by atoms with Gasteiger partial charge in [0.1, 0.15) is 0 Å². The minimum Gasteiger partial charge on any atom is -0.403 e. The van der Waals surface area contributed by atoms with Crippen molar-refractivity contribution in [1.29, 1.82) is 0 Å². The first-order valence-corrected chi connectivity index (χ1v) is 8.54. The molecule has 2 heterocycles. The molecular weight excluding hydrogens is 290 g/mol. The first-order valence-electron chi connectivity index (χ1n) is 8.54. The summed E-state index contributed by atoms with van der Waals surface area (Å²) in [6.45, 7) is 22.6. The maximum absolute atomic E-state index is 6.25. The maximum atomic E-state index is 6.25. The Bertz CT molecular complexity index is 417. The highest BCUT2D eigenvalue weighted by Gasteiger charge is 2.61. The lowest BCUT2D eigenvalue weighted by Gasteiger charge is -2.32. The summed E-state index contributed by atoms with van der Waals surface area (Å²) in [4.78, 5) is 0. The van der Waals surface area contributed by atoms with Gasteiger partial charge in [0.05, 0.1) is 22.4 Å². The predicted octanol–water partition coefficient (Wildman–Crippen LogP) is 4.05. The van der Waals surface area contributed by atoms with Crippen LogP contribution in [-0.2, 0) is 18.6 Å². The minimum atomic E-state index is -0.369. The minimum absolute atomic E-state index is 0.0467. The van der Waals surface area contributed by atoms with Crippen molar-refractivity contribution in [2.75, 3.05) is 0 Å². The topological polar surface area (TPSA) is 36.9 Å². The van der Waals surface area contributed by atoms with Crippen molar-refractivity contribution in [3.63, 3.8) is 0 Å². The summed E-state index contributed by atoms with van der Waals surface area (Å²) in [5.74, 6) is 0. The number of allylic oxidation sites excluding steroid dienone is 1. The molecule has 2 aliphatic rings. The molecule has 130 valence electrons. The Morgan fingerprint density at radius 2 is 1.00 bits per heavy atom. The molecule has 23 heavy (non-hydrogen) atoms. The monoisotopic (exact) mass is 322 g/mol. The van der Waals surface area contributed by atoms with Crippen LogP contribution in [0.15, 0.2) is 12.2 Å². The number of hydrogen-bond donors (Lipinski definition) is 0. The summed E-state index contributed by atoms with van der Waals surface area (Å²) in [7, 11) is -0.738. The molecular formula is C17H32B2O4. The zero-order valence-corrected chi connectivity index (χ0v) is 16.3. The molecule has 0 aromatic rings. The fraction of sp³-hybridized carbons (Fsp3) is 0.882. The number of rotatable bonds is 4. The summed E-state index contributed by atoms with van der Waals surface area (Å²) in [5, 5.41) is 0. The van der Waals surface area contributed by atoms with E-state index in [-0.39, 0.29) is 42.4 Å². The van der Waals surface area contributed by atoms with Crippen molar-refractivity contribution < 1.29 is 18.6 Å². The zero-order valence-electron chi connectivity index (χ0n) is 16.3. The summed E-state index contributed by atoms with van der Waals surface area (Å²) in [6, 6.07) is 0. The number of hydrogen-bond acceptors (Lipinski definition) is 4. The first kappa shape index (κ1) is 19.0. The van der Waals surface area contributed by atoms with Gasteiger partial charge in [0.2, 0.25) is 0 Å². The van der Waals surface area contributed by atoms with Gasteiger partial charge in [0, 0.05) is 5.72 Å². The molecule has 2 fully saturated rings. The van der Waals surface area contributed by atoms with Gasteiger partial charge in [-0.1, -0.05) is 5.57 Å². The molecule has 0 spiro atoms. The van der Waals surface area contributed by atoms with Crippen LogP contribution in [0.2, 0.25) is 5.72 Å². The Balaban J connectivity index is 2.25. The Hall–Kier alpha value is -0.290. The molecule has 0 aliphatic carbocycles. The Labute approximate surface area is 142 Å². The van der Waals surface area contributed by atoms with Crippen LogP contribution in [0.3, 0.4) is 0 Å². The molecule has 4 nitrogen and oxygen atoms in total. The van der Waals surface area contributed by atoms with Crippen LogP contribution >= 0.6 is 0 Å². The highest BCUT2D eigenvalue weighted by Crippen LogP contribution is 2.46. The highest BCUT2D eigenvalue weighted by molar-refractivity contribution is 6.68. The quantitative estimate of drug-likeness (QED) is 0.578. The van der Waals surface area contributed by atoms with Crippen molar-refractivity contribution in [1.82, 2.24) is 0 Å². The lowest BCUT2D eigenvalue weighted by atomic mass is 9.50. The van der Waals surface area contributed by atoms with Crippen LogP contribution in [0.25, 0.3) is 0 Å². The molecule has 2 rings (SSSR count).